The van der Waals surface area contributed by atoms with Crippen molar-refractivity contribution in [2.45, 2.75) is 17.5 Å². The van der Waals surface area contributed by atoms with Gasteiger partial charge in [-0.2, -0.15) is 0 Å². The number of aromatic nitrogens is 5. The van der Waals surface area contributed by atoms with E-state index in [4.69, 9.17) is 0 Å². The van der Waals surface area contributed by atoms with Crippen LogP contribution in [0.3, 0.4) is 0 Å². The van der Waals surface area contributed by atoms with Crippen molar-refractivity contribution < 1.29 is 4.92 Å². The molecule has 5 aromatic rings. The molecular weight excluding hydrogens is 452 g/mol. The van der Waals surface area contributed by atoms with Gasteiger partial charge < -0.3 is 0 Å². The van der Waals surface area contributed by atoms with Crippen LogP contribution in [0.4, 0.5) is 5.69 Å². The average molecular weight is 471 g/mol. The van der Waals surface area contributed by atoms with Gasteiger partial charge in [0.25, 0.3) is 11.2 Å². The van der Waals surface area contributed by atoms with Crippen molar-refractivity contribution in [1.82, 2.24) is 24.3 Å². The first-order chi connectivity index (χ1) is 16.6. The minimum Gasteiger partial charge on any atom is -0.291 e. The first kappa shape index (κ1) is 21.5. The maximum Gasteiger partial charge on any atom is 0.269 e. The molecule has 0 atom stereocenters. The fourth-order valence-electron chi connectivity index (χ4n) is 3.57. The zero-order valence-corrected chi connectivity index (χ0v) is 18.6. The van der Waals surface area contributed by atoms with Crippen molar-refractivity contribution in [3.8, 4) is 5.69 Å². The molecule has 0 fully saturated rings. The molecule has 0 aliphatic carbocycles. The highest BCUT2D eigenvalue weighted by Gasteiger charge is 2.16. The van der Waals surface area contributed by atoms with Crippen molar-refractivity contribution in [3.05, 3.63) is 117 Å². The van der Waals surface area contributed by atoms with E-state index in [1.165, 1.54) is 34.8 Å². The smallest absolute Gasteiger partial charge is 0.269 e. The third-order valence-electron chi connectivity index (χ3n) is 5.27. The van der Waals surface area contributed by atoms with E-state index in [0.717, 1.165) is 11.3 Å². The van der Waals surface area contributed by atoms with Gasteiger partial charge in [-0.3, -0.25) is 24.0 Å². The zero-order valence-electron chi connectivity index (χ0n) is 17.8. The molecule has 5 rings (SSSR count). The van der Waals surface area contributed by atoms with Crippen LogP contribution in [0.5, 0.6) is 0 Å². The molecule has 0 bridgehead atoms. The van der Waals surface area contributed by atoms with Crippen LogP contribution >= 0.6 is 11.8 Å². The number of rotatable bonds is 7. The summed E-state index contributed by atoms with van der Waals surface area (Å²) in [5.41, 5.74) is 2.35. The number of para-hydroxylation sites is 2. The topological polar surface area (TPSA) is 109 Å². The summed E-state index contributed by atoms with van der Waals surface area (Å²) in [7, 11) is 0. The fraction of sp³-hybridized carbons (Fsp3) is 0.0833. The molecule has 34 heavy (non-hydrogen) atoms. The average Bonchev–Trinajstić information content (AvgIpc) is 3.27. The van der Waals surface area contributed by atoms with Crippen LogP contribution < -0.4 is 5.56 Å². The van der Waals surface area contributed by atoms with Gasteiger partial charge in [0.15, 0.2) is 11.0 Å². The van der Waals surface area contributed by atoms with E-state index >= 15 is 0 Å². The molecule has 2 heterocycles. The van der Waals surface area contributed by atoms with Gasteiger partial charge in [0.1, 0.15) is 0 Å². The number of hydrogen-bond acceptors (Lipinski definition) is 7. The number of nitro benzene ring substituents is 1. The second kappa shape index (κ2) is 9.28. The van der Waals surface area contributed by atoms with Crippen molar-refractivity contribution in [1.29, 1.82) is 0 Å². The third-order valence-corrected chi connectivity index (χ3v) is 6.27. The van der Waals surface area contributed by atoms with Crippen molar-refractivity contribution in [3.63, 3.8) is 0 Å². The van der Waals surface area contributed by atoms with Crippen LogP contribution in [0.15, 0.2) is 95.1 Å². The summed E-state index contributed by atoms with van der Waals surface area (Å²) in [6.45, 7) is 0.205. The van der Waals surface area contributed by atoms with Gasteiger partial charge in [0, 0.05) is 23.6 Å². The largest absolute Gasteiger partial charge is 0.291 e. The molecule has 0 aliphatic heterocycles. The molecule has 3 aromatic carbocycles. The number of thioether (sulfide) groups is 1. The van der Waals surface area contributed by atoms with Crippen molar-refractivity contribution >= 4 is 28.4 Å². The Labute approximate surface area is 197 Å². The minimum absolute atomic E-state index is 0.0536. The Morgan fingerprint density at radius 3 is 2.41 bits per heavy atom. The summed E-state index contributed by atoms with van der Waals surface area (Å²) in [5, 5.41) is 20.8. The van der Waals surface area contributed by atoms with Gasteiger partial charge in [0.05, 0.1) is 28.7 Å². The van der Waals surface area contributed by atoms with Crippen LogP contribution in [-0.2, 0) is 12.3 Å². The fourth-order valence-corrected chi connectivity index (χ4v) is 4.49. The second-order valence-electron chi connectivity index (χ2n) is 7.48. The normalized spacial score (nSPS) is 11.1. The molecule has 0 saturated carbocycles. The number of fused-ring (bicyclic) bond motifs is 1. The Hall–Kier alpha value is -4.31. The molecule has 0 aliphatic rings. The number of nitrogens with zero attached hydrogens (tertiary/aromatic N) is 6. The molecule has 0 N–H and O–H groups in total. The summed E-state index contributed by atoms with van der Waals surface area (Å²) in [4.78, 5) is 27.9. The van der Waals surface area contributed by atoms with E-state index in [0.29, 0.717) is 27.6 Å². The quantitative estimate of drug-likeness (QED) is 0.199. The Bertz CT molecular complexity index is 1530. The number of non-ortho nitro benzene ring substituents is 1. The first-order valence-electron chi connectivity index (χ1n) is 10.4. The molecule has 0 amide bonds. The summed E-state index contributed by atoms with van der Waals surface area (Å²) in [6.07, 6.45) is 1.53. The van der Waals surface area contributed by atoms with Crippen LogP contribution in [-0.4, -0.2) is 29.2 Å². The van der Waals surface area contributed by atoms with Crippen LogP contribution in [0.25, 0.3) is 16.6 Å². The highest BCUT2D eigenvalue weighted by molar-refractivity contribution is 7.98. The van der Waals surface area contributed by atoms with E-state index in [1.54, 1.807) is 24.3 Å². The lowest BCUT2D eigenvalue weighted by atomic mass is 10.2. The van der Waals surface area contributed by atoms with Crippen LogP contribution in [0, 0.1) is 10.1 Å². The van der Waals surface area contributed by atoms with Gasteiger partial charge in [-0.15, -0.1) is 10.2 Å². The predicted molar refractivity (Wildman–Crippen MR) is 129 cm³/mol. The summed E-state index contributed by atoms with van der Waals surface area (Å²) in [5.74, 6) is 1.15. The minimum atomic E-state index is -0.418. The monoisotopic (exact) mass is 470 g/mol. The van der Waals surface area contributed by atoms with Crippen LogP contribution in [0.2, 0.25) is 0 Å². The number of nitro groups is 1. The molecular formula is C24H18N6O3S. The molecule has 0 spiro atoms. The van der Waals surface area contributed by atoms with Gasteiger partial charge >= 0.3 is 0 Å². The Morgan fingerprint density at radius 2 is 1.65 bits per heavy atom. The Kier molecular flexibility index (Phi) is 5.88. The number of benzene rings is 3. The lowest BCUT2D eigenvalue weighted by Gasteiger charge is -2.11. The van der Waals surface area contributed by atoms with Crippen LogP contribution in [0.1, 0.15) is 11.4 Å². The third kappa shape index (κ3) is 4.30. The SMILES string of the molecule is O=c1c2ccccc2ncn1Cc1nnc(SCc2ccc([N+](=O)[O-])cc2)n1-c1ccccc1. The number of hydrogen-bond donors (Lipinski definition) is 0. The Balaban J connectivity index is 1.47. The van der Waals surface area contributed by atoms with Gasteiger partial charge in [-0.05, 0) is 29.8 Å². The van der Waals surface area contributed by atoms with E-state index in [2.05, 4.69) is 15.2 Å². The maximum atomic E-state index is 13.0. The highest BCUT2D eigenvalue weighted by Crippen LogP contribution is 2.26. The van der Waals surface area contributed by atoms with Gasteiger partial charge in [-0.25, -0.2) is 4.98 Å². The molecule has 0 unspecified atom stereocenters. The molecule has 0 radical (unpaired) electrons. The lowest BCUT2D eigenvalue weighted by molar-refractivity contribution is -0.384. The first-order valence-corrected chi connectivity index (χ1v) is 11.4. The van der Waals surface area contributed by atoms with E-state index in [9.17, 15) is 14.9 Å². The Morgan fingerprint density at radius 1 is 0.912 bits per heavy atom. The van der Waals surface area contributed by atoms with E-state index in [-0.39, 0.29) is 17.8 Å². The molecule has 10 heteroatoms. The predicted octanol–water partition coefficient (Wildman–Crippen LogP) is 4.23. The van der Waals surface area contributed by atoms with Crippen molar-refractivity contribution in [2.24, 2.45) is 0 Å². The standard InChI is InChI=1S/C24H18N6O3S/c31-23-20-8-4-5-9-21(20)25-16-28(23)14-22-26-27-24(29(22)18-6-2-1-3-7-18)34-15-17-10-12-19(13-11-17)30(32)33/h1-13,16H,14-15H2. The lowest BCUT2D eigenvalue weighted by Crippen LogP contribution is -2.22. The zero-order chi connectivity index (χ0) is 23.5. The maximum absolute atomic E-state index is 13.0. The molecule has 168 valence electrons. The van der Waals surface area contributed by atoms with Crippen molar-refractivity contribution in [2.75, 3.05) is 0 Å². The summed E-state index contributed by atoms with van der Waals surface area (Å²) < 4.78 is 3.44. The summed E-state index contributed by atoms with van der Waals surface area (Å²) in [6, 6.07) is 23.3. The molecule has 0 saturated heterocycles. The molecule has 2 aromatic heterocycles. The van der Waals surface area contributed by atoms with Gasteiger partial charge in [0.2, 0.25) is 0 Å². The summed E-state index contributed by atoms with van der Waals surface area (Å²) >= 11 is 1.46. The van der Waals surface area contributed by atoms with E-state index in [1.807, 2.05) is 47.0 Å². The highest BCUT2D eigenvalue weighted by atomic mass is 32.2. The van der Waals surface area contributed by atoms with E-state index < -0.39 is 4.92 Å². The van der Waals surface area contributed by atoms with Gasteiger partial charge in [-0.1, -0.05) is 54.2 Å². The molecule has 9 nitrogen and oxygen atoms in total. The second-order valence-corrected chi connectivity index (χ2v) is 8.42.